The van der Waals surface area contributed by atoms with Crippen molar-refractivity contribution in [1.29, 1.82) is 0 Å². The average molecular weight is 453 g/mol. The molecule has 170 valence electrons. The number of nitrogens with one attached hydrogen (secondary N) is 1. The molecule has 0 unspecified atom stereocenters. The summed E-state index contributed by atoms with van der Waals surface area (Å²) in [6.07, 6.45) is 7.19. The Morgan fingerprint density at radius 2 is 1.78 bits per heavy atom. The van der Waals surface area contributed by atoms with Crippen LogP contribution in [-0.2, 0) is 9.53 Å². The molecule has 3 aliphatic rings. The van der Waals surface area contributed by atoms with E-state index in [9.17, 15) is 4.79 Å². The Bertz CT molecular complexity index is 984. The molecule has 3 heterocycles. The maximum atomic E-state index is 12.5. The number of anilines is 1. The second-order valence-corrected chi connectivity index (χ2v) is 10.4. The van der Waals surface area contributed by atoms with Crippen molar-refractivity contribution in [3.8, 4) is 11.3 Å². The zero-order valence-corrected chi connectivity index (χ0v) is 19.8. The first-order chi connectivity index (χ1) is 15.5. The van der Waals surface area contributed by atoms with Gasteiger partial charge in [0, 0.05) is 41.7 Å². The molecular formula is C25H32N4O2S. The molecular weight excluding hydrogens is 420 g/mol. The van der Waals surface area contributed by atoms with Gasteiger partial charge in [0.2, 0.25) is 5.90 Å². The third-order valence-corrected chi connectivity index (χ3v) is 7.72. The SMILES string of the molecule is CC(C)NC1CCN(c2nc(-c3ccc(C4=NC5(CCCCC5)C(=O)O4)cc3)cs2)CC1. The fourth-order valence-electron chi connectivity index (χ4n) is 5.06. The number of nitrogens with zero attached hydrogens (tertiary/aromatic N) is 3. The number of ether oxygens (including phenoxy) is 1. The van der Waals surface area contributed by atoms with E-state index in [1.54, 1.807) is 11.3 Å². The molecule has 1 aromatic carbocycles. The lowest BCUT2D eigenvalue weighted by Crippen LogP contribution is -2.44. The predicted octanol–water partition coefficient (Wildman–Crippen LogP) is 4.78. The van der Waals surface area contributed by atoms with Gasteiger partial charge in [0.05, 0.1) is 5.69 Å². The van der Waals surface area contributed by atoms with Crippen molar-refractivity contribution in [3.05, 3.63) is 35.2 Å². The molecule has 1 saturated carbocycles. The van der Waals surface area contributed by atoms with E-state index < -0.39 is 5.54 Å². The lowest BCUT2D eigenvalue weighted by atomic mass is 9.83. The van der Waals surface area contributed by atoms with Gasteiger partial charge < -0.3 is 15.0 Å². The van der Waals surface area contributed by atoms with Crippen LogP contribution in [0.1, 0.15) is 64.4 Å². The molecule has 1 aliphatic carbocycles. The standard InChI is InChI=1S/C25H32N4O2S/c1-17(2)26-20-10-14-29(15-11-20)24-27-21(16-32-24)18-6-8-19(9-7-18)22-28-25(23(30)31-22)12-4-3-5-13-25/h6-9,16-17,20,26H,3-5,10-15H2,1-2H3. The van der Waals surface area contributed by atoms with Crippen LogP contribution in [0.3, 0.4) is 0 Å². The molecule has 6 nitrogen and oxygen atoms in total. The van der Waals surface area contributed by atoms with Crippen LogP contribution < -0.4 is 10.2 Å². The summed E-state index contributed by atoms with van der Waals surface area (Å²) in [7, 11) is 0. The van der Waals surface area contributed by atoms with Gasteiger partial charge in [-0.05, 0) is 37.8 Å². The van der Waals surface area contributed by atoms with Crippen LogP contribution in [0.25, 0.3) is 11.3 Å². The molecule has 0 bridgehead atoms. The minimum atomic E-state index is -0.631. The number of aromatic nitrogens is 1. The number of carbonyl (C=O) groups excluding carboxylic acids is 1. The molecule has 5 rings (SSSR count). The van der Waals surface area contributed by atoms with Gasteiger partial charge in [-0.2, -0.15) is 0 Å². The van der Waals surface area contributed by atoms with Crippen molar-refractivity contribution < 1.29 is 9.53 Å². The van der Waals surface area contributed by atoms with Crippen molar-refractivity contribution >= 4 is 28.3 Å². The number of thiazole rings is 1. The third-order valence-electron chi connectivity index (χ3n) is 6.82. The van der Waals surface area contributed by atoms with E-state index in [2.05, 4.69) is 41.6 Å². The van der Waals surface area contributed by atoms with Gasteiger partial charge in [0.25, 0.3) is 0 Å². The van der Waals surface area contributed by atoms with Crippen LogP contribution >= 0.6 is 11.3 Å². The molecule has 2 aliphatic heterocycles. The number of rotatable bonds is 5. The van der Waals surface area contributed by atoms with E-state index in [1.807, 2.05) is 12.1 Å². The van der Waals surface area contributed by atoms with Crippen molar-refractivity contribution in [1.82, 2.24) is 10.3 Å². The molecule has 1 saturated heterocycles. The van der Waals surface area contributed by atoms with E-state index in [4.69, 9.17) is 14.7 Å². The van der Waals surface area contributed by atoms with Gasteiger partial charge in [-0.25, -0.2) is 14.8 Å². The summed E-state index contributed by atoms with van der Waals surface area (Å²) in [5.74, 6) is 0.299. The Hall–Kier alpha value is -2.25. The van der Waals surface area contributed by atoms with Crippen LogP contribution in [0.4, 0.5) is 5.13 Å². The molecule has 32 heavy (non-hydrogen) atoms. The van der Waals surface area contributed by atoms with E-state index in [0.717, 1.165) is 73.6 Å². The van der Waals surface area contributed by atoms with Crippen molar-refractivity contribution in [2.24, 2.45) is 4.99 Å². The highest BCUT2D eigenvalue weighted by Crippen LogP contribution is 2.37. The zero-order valence-electron chi connectivity index (χ0n) is 19.0. The van der Waals surface area contributed by atoms with E-state index in [-0.39, 0.29) is 5.97 Å². The summed E-state index contributed by atoms with van der Waals surface area (Å²) in [5.41, 5.74) is 2.30. The quantitative estimate of drug-likeness (QED) is 0.661. The van der Waals surface area contributed by atoms with Gasteiger partial charge in [-0.15, -0.1) is 11.3 Å². The topological polar surface area (TPSA) is 66.8 Å². The largest absolute Gasteiger partial charge is 0.405 e. The Morgan fingerprint density at radius 1 is 1.09 bits per heavy atom. The normalized spacial score (nSPS) is 21.3. The first-order valence-electron chi connectivity index (χ1n) is 11.9. The summed E-state index contributed by atoms with van der Waals surface area (Å²) >= 11 is 1.71. The Morgan fingerprint density at radius 3 is 2.47 bits per heavy atom. The fourth-order valence-corrected chi connectivity index (χ4v) is 5.94. The van der Waals surface area contributed by atoms with Gasteiger partial charge >= 0.3 is 5.97 Å². The van der Waals surface area contributed by atoms with Gasteiger partial charge in [-0.3, -0.25) is 0 Å². The Kier molecular flexibility index (Phi) is 6.03. The van der Waals surface area contributed by atoms with Crippen molar-refractivity contribution in [3.63, 3.8) is 0 Å². The molecule has 2 fully saturated rings. The lowest BCUT2D eigenvalue weighted by molar-refractivity contribution is -0.140. The van der Waals surface area contributed by atoms with Crippen LogP contribution in [0.15, 0.2) is 34.6 Å². The van der Waals surface area contributed by atoms with Crippen LogP contribution in [0.5, 0.6) is 0 Å². The van der Waals surface area contributed by atoms with Crippen LogP contribution in [0, 0.1) is 0 Å². The molecule has 0 amide bonds. The molecule has 1 spiro atoms. The first-order valence-corrected chi connectivity index (χ1v) is 12.8. The number of piperidine rings is 1. The second-order valence-electron chi connectivity index (χ2n) is 9.57. The minimum absolute atomic E-state index is 0.173. The van der Waals surface area contributed by atoms with E-state index >= 15 is 0 Å². The maximum Gasteiger partial charge on any atom is 0.340 e. The fraction of sp³-hybridized carbons (Fsp3) is 0.560. The molecule has 7 heteroatoms. The summed E-state index contributed by atoms with van der Waals surface area (Å²) < 4.78 is 5.59. The third kappa shape index (κ3) is 4.33. The highest BCUT2D eigenvalue weighted by atomic mass is 32.1. The Labute approximate surface area is 194 Å². The molecule has 0 radical (unpaired) electrons. The number of benzene rings is 1. The van der Waals surface area contributed by atoms with E-state index in [1.165, 1.54) is 6.42 Å². The summed E-state index contributed by atoms with van der Waals surface area (Å²) in [5, 5.41) is 6.88. The second kappa shape index (κ2) is 8.94. The Balaban J connectivity index is 1.25. The summed E-state index contributed by atoms with van der Waals surface area (Å²) in [6.45, 7) is 6.51. The van der Waals surface area contributed by atoms with Crippen LogP contribution in [-0.4, -0.2) is 47.6 Å². The van der Waals surface area contributed by atoms with Gasteiger partial charge in [0.15, 0.2) is 10.7 Å². The minimum Gasteiger partial charge on any atom is -0.405 e. The highest BCUT2D eigenvalue weighted by Gasteiger charge is 2.46. The molecule has 1 aromatic heterocycles. The lowest BCUT2D eigenvalue weighted by Gasteiger charge is -2.33. The molecule has 0 atom stereocenters. The number of cyclic esters (lactones) is 1. The molecule has 1 N–H and O–H groups in total. The number of hydrogen-bond acceptors (Lipinski definition) is 7. The number of carbonyl (C=O) groups is 1. The van der Waals surface area contributed by atoms with Gasteiger partial charge in [-0.1, -0.05) is 45.2 Å². The molecule has 2 aromatic rings. The highest BCUT2D eigenvalue weighted by molar-refractivity contribution is 7.14. The average Bonchev–Trinajstić information content (AvgIpc) is 3.41. The number of hydrogen-bond donors (Lipinski definition) is 1. The van der Waals surface area contributed by atoms with Crippen LogP contribution in [0.2, 0.25) is 0 Å². The first kappa shape index (κ1) is 21.6. The van der Waals surface area contributed by atoms with Crippen molar-refractivity contribution in [2.45, 2.75) is 76.4 Å². The van der Waals surface area contributed by atoms with Crippen molar-refractivity contribution in [2.75, 3.05) is 18.0 Å². The monoisotopic (exact) mass is 452 g/mol. The van der Waals surface area contributed by atoms with E-state index in [0.29, 0.717) is 18.0 Å². The zero-order chi connectivity index (χ0) is 22.1. The number of aliphatic imine (C=N–C) groups is 1. The van der Waals surface area contributed by atoms with Gasteiger partial charge in [0.1, 0.15) is 0 Å². The maximum absolute atomic E-state index is 12.5. The summed E-state index contributed by atoms with van der Waals surface area (Å²) in [6, 6.07) is 9.23. The predicted molar refractivity (Wildman–Crippen MR) is 130 cm³/mol. The smallest absolute Gasteiger partial charge is 0.340 e. The summed E-state index contributed by atoms with van der Waals surface area (Å²) in [4.78, 5) is 24.5. The number of esters is 1.